The van der Waals surface area contributed by atoms with E-state index in [1.54, 1.807) is 27.0 Å². The Hall–Kier alpha value is -1.47. The summed E-state index contributed by atoms with van der Waals surface area (Å²) < 4.78 is 5.12. The number of hydrogen-bond donors (Lipinski definition) is 1. The van der Waals surface area contributed by atoms with Gasteiger partial charge in [0.25, 0.3) is 0 Å². The summed E-state index contributed by atoms with van der Waals surface area (Å²) in [6, 6.07) is -0.772. The molecule has 1 unspecified atom stereocenters. The van der Waals surface area contributed by atoms with Crippen LogP contribution in [0.25, 0.3) is 0 Å². The minimum absolute atomic E-state index is 0.558. The Morgan fingerprint density at radius 1 is 1.55 bits per heavy atom. The van der Waals surface area contributed by atoms with E-state index in [0.29, 0.717) is 11.3 Å². The van der Waals surface area contributed by atoms with Crippen molar-refractivity contribution in [2.45, 2.75) is 39.0 Å². The second-order valence-corrected chi connectivity index (χ2v) is 6.81. The number of thiazole rings is 1. The van der Waals surface area contributed by atoms with Crippen LogP contribution in [0.3, 0.4) is 0 Å². The van der Waals surface area contributed by atoms with E-state index in [-0.39, 0.29) is 0 Å². The van der Waals surface area contributed by atoms with Gasteiger partial charge in [-0.2, -0.15) is 0 Å². The Labute approximate surface area is 123 Å². The van der Waals surface area contributed by atoms with Crippen molar-refractivity contribution in [1.82, 2.24) is 15.2 Å². The number of carbonyl (C=O) groups is 2. The van der Waals surface area contributed by atoms with E-state index in [2.05, 4.69) is 10.3 Å². The Bertz CT molecular complexity index is 466. The standard InChI is InChI=1S/C13H21N3O3S/c1-13(2,3)19-12(18)15-10(8-17)11-14-6-9(20-11)7-16(4)5/h6,8,10H,7H2,1-5H3,(H,15,18). The Balaban J connectivity index is 2.69. The van der Waals surface area contributed by atoms with Gasteiger partial charge >= 0.3 is 6.09 Å². The molecule has 112 valence electrons. The highest BCUT2D eigenvalue weighted by Gasteiger charge is 2.22. The number of alkyl carbamates (subject to hydrolysis) is 1. The van der Waals surface area contributed by atoms with Gasteiger partial charge < -0.3 is 19.7 Å². The van der Waals surface area contributed by atoms with Gasteiger partial charge in [0, 0.05) is 17.6 Å². The lowest BCUT2D eigenvalue weighted by molar-refractivity contribution is -0.109. The molecule has 1 aromatic rings. The molecule has 1 N–H and O–H groups in total. The predicted molar refractivity (Wildman–Crippen MR) is 77.7 cm³/mol. The lowest BCUT2D eigenvalue weighted by atomic mass is 10.2. The van der Waals surface area contributed by atoms with E-state index in [0.717, 1.165) is 11.4 Å². The molecule has 0 bridgehead atoms. The van der Waals surface area contributed by atoms with Crippen molar-refractivity contribution in [3.05, 3.63) is 16.1 Å². The minimum Gasteiger partial charge on any atom is -0.444 e. The third kappa shape index (κ3) is 5.66. The van der Waals surface area contributed by atoms with E-state index < -0.39 is 17.7 Å². The molecular weight excluding hydrogens is 278 g/mol. The fraction of sp³-hybridized carbons (Fsp3) is 0.615. The van der Waals surface area contributed by atoms with Crippen LogP contribution in [0.15, 0.2) is 6.20 Å². The fourth-order valence-electron chi connectivity index (χ4n) is 1.44. The number of aldehydes is 1. The molecule has 0 saturated carbocycles. The van der Waals surface area contributed by atoms with Crippen molar-refractivity contribution in [3.8, 4) is 0 Å². The maximum atomic E-state index is 11.7. The normalized spacial score (nSPS) is 13.1. The van der Waals surface area contributed by atoms with Gasteiger partial charge in [-0.3, -0.25) is 0 Å². The number of hydrogen-bond acceptors (Lipinski definition) is 6. The van der Waals surface area contributed by atoms with Crippen molar-refractivity contribution in [2.75, 3.05) is 14.1 Å². The van der Waals surface area contributed by atoms with Crippen LogP contribution in [0.5, 0.6) is 0 Å². The predicted octanol–water partition coefficient (Wildman–Crippen LogP) is 1.97. The highest BCUT2D eigenvalue weighted by Crippen LogP contribution is 2.20. The molecule has 1 rings (SSSR count). The zero-order valence-electron chi connectivity index (χ0n) is 12.5. The third-order valence-corrected chi connectivity index (χ3v) is 3.18. The van der Waals surface area contributed by atoms with Gasteiger partial charge in [0.2, 0.25) is 0 Å². The topological polar surface area (TPSA) is 71.5 Å². The molecule has 0 aliphatic rings. The summed E-state index contributed by atoms with van der Waals surface area (Å²) in [5.74, 6) is 0. The monoisotopic (exact) mass is 299 g/mol. The first-order chi connectivity index (χ1) is 9.21. The smallest absolute Gasteiger partial charge is 0.408 e. The molecule has 0 radical (unpaired) electrons. The van der Waals surface area contributed by atoms with E-state index in [1.165, 1.54) is 11.3 Å². The van der Waals surface area contributed by atoms with Gasteiger partial charge in [-0.05, 0) is 34.9 Å². The SMILES string of the molecule is CN(C)Cc1cnc(C(C=O)NC(=O)OC(C)(C)C)s1. The highest BCUT2D eigenvalue weighted by molar-refractivity contribution is 7.11. The van der Waals surface area contributed by atoms with Crippen LogP contribution >= 0.6 is 11.3 Å². The zero-order chi connectivity index (χ0) is 15.3. The van der Waals surface area contributed by atoms with E-state index >= 15 is 0 Å². The van der Waals surface area contributed by atoms with Crippen LogP contribution in [0.4, 0.5) is 4.79 Å². The summed E-state index contributed by atoms with van der Waals surface area (Å²) in [6.45, 7) is 6.04. The molecule has 0 aliphatic carbocycles. The third-order valence-electron chi connectivity index (χ3n) is 2.12. The van der Waals surface area contributed by atoms with Crippen molar-refractivity contribution in [3.63, 3.8) is 0 Å². The van der Waals surface area contributed by atoms with Gasteiger partial charge in [0.05, 0.1) is 0 Å². The molecule has 20 heavy (non-hydrogen) atoms. The number of rotatable bonds is 5. The first-order valence-electron chi connectivity index (χ1n) is 6.25. The molecule has 0 fully saturated rings. The number of aromatic nitrogens is 1. The zero-order valence-corrected chi connectivity index (χ0v) is 13.3. The molecule has 7 heteroatoms. The van der Waals surface area contributed by atoms with Gasteiger partial charge in [0.15, 0.2) is 0 Å². The van der Waals surface area contributed by atoms with Gasteiger partial charge in [0.1, 0.15) is 22.9 Å². The summed E-state index contributed by atoms with van der Waals surface area (Å²) in [5.41, 5.74) is -0.601. The number of ether oxygens (including phenoxy) is 1. The molecule has 0 aliphatic heterocycles. The first kappa shape index (κ1) is 16.6. The second-order valence-electron chi connectivity index (χ2n) is 5.66. The summed E-state index contributed by atoms with van der Waals surface area (Å²) in [7, 11) is 3.91. The molecule has 1 heterocycles. The van der Waals surface area contributed by atoms with Crippen LogP contribution < -0.4 is 5.32 Å². The maximum absolute atomic E-state index is 11.7. The van der Waals surface area contributed by atoms with Crippen LogP contribution in [0, 0.1) is 0 Å². The minimum atomic E-state index is -0.772. The lowest BCUT2D eigenvalue weighted by Crippen LogP contribution is -2.35. The number of nitrogens with zero attached hydrogens (tertiary/aromatic N) is 2. The number of carbonyl (C=O) groups excluding carboxylic acids is 2. The average molecular weight is 299 g/mol. The molecule has 1 atom stereocenters. The summed E-state index contributed by atoms with van der Waals surface area (Å²) >= 11 is 1.40. The van der Waals surface area contributed by atoms with Crippen LogP contribution in [0.1, 0.15) is 36.7 Å². The van der Waals surface area contributed by atoms with Crippen molar-refractivity contribution in [1.29, 1.82) is 0 Å². The largest absolute Gasteiger partial charge is 0.444 e. The molecule has 6 nitrogen and oxygen atoms in total. The molecule has 1 amide bonds. The van der Waals surface area contributed by atoms with Crippen molar-refractivity contribution in [2.24, 2.45) is 0 Å². The maximum Gasteiger partial charge on any atom is 0.408 e. The molecule has 0 spiro atoms. The molecule has 0 saturated heterocycles. The van der Waals surface area contributed by atoms with Gasteiger partial charge in [-0.15, -0.1) is 11.3 Å². The Morgan fingerprint density at radius 2 is 2.20 bits per heavy atom. The average Bonchev–Trinajstić information content (AvgIpc) is 2.70. The summed E-state index contributed by atoms with van der Waals surface area (Å²) in [4.78, 5) is 30.0. The first-order valence-corrected chi connectivity index (χ1v) is 7.07. The summed E-state index contributed by atoms with van der Waals surface area (Å²) in [6.07, 6.45) is 1.74. The van der Waals surface area contributed by atoms with Gasteiger partial charge in [-0.25, -0.2) is 9.78 Å². The number of amides is 1. The Morgan fingerprint density at radius 3 is 2.70 bits per heavy atom. The van der Waals surface area contributed by atoms with Crippen LogP contribution in [-0.2, 0) is 16.1 Å². The van der Waals surface area contributed by atoms with Crippen molar-refractivity contribution >= 4 is 23.7 Å². The molecular formula is C13H21N3O3S. The second kappa shape index (κ2) is 6.81. The molecule has 1 aromatic heterocycles. The molecule has 0 aromatic carbocycles. The highest BCUT2D eigenvalue weighted by atomic mass is 32.1. The van der Waals surface area contributed by atoms with E-state index in [4.69, 9.17) is 4.74 Å². The van der Waals surface area contributed by atoms with Crippen molar-refractivity contribution < 1.29 is 14.3 Å². The van der Waals surface area contributed by atoms with E-state index in [1.807, 2.05) is 19.0 Å². The lowest BCUT2D eigenvalue weighted by Gasteiger charge is -2.20. The van der Waals surface area contributed by atoms with Crippen LogP contribution in [0.2, 0.25) is 0 Å². The van der Waals surface area contributed by atoms with Crippen LogP contribution in [-0.4, -0.2) is 42.0 Å². The van der Waals surface area contributed by atoms with E-state index in [9.17, 15) is 9.59 Å². The quantitative estimate of drug-likeness (QED) is 0.842. The Kier molecular flexibility index (Phi) is 5.64. The fourth-order valence-corrected chi connectivity index (χ4v) is 2.48. The van der Waals surface area contributed by atoms with Gasteiger partial charge in [-0.1, -0.05) is 0 Å². The number of nitrogens with one attached hydrogen (secondary N) is 1. The summed E-state index contributed by atoms with van der Waals surface area (Å²) in [5, 5.41) is 3.07.